The molecule has 0 bridgehead atoms. The van der Waals surface area contributed by atoms with E-state index in [1.807, 2.05) is 13.0 Å². The van der Waals surface area contributed by atoms with E-state index >= 15 is 0 Å². The lowest BCUT2D eigenvalue weighted by molar-refractivity contribution is -0.119. The summed E-state index contributed by atoms with van der Waals surface area (Å²) in [7, 11) is 0. The molecule has 2 amide bonds. The molecule has 0 atom stereocenters. The molecule has 0 saturated heterocycles. The van der Waals surface area contributed by atoms with E-state index in [1.165, 1.54) is 0 Å². The number of nitrogens with zero attached hydrogens (tertiary/aromatic N) is 1. The topological polar surface area (TPSA) is 46.6 Å². The molecule has 1 aliphatic heterocycles. The van der Waals surface area contributed by atoms with Crippen LogP contribution in [0.4, 0.5) is 5.69 Å². The lowest BCUT2D eigenvalue weighted by Crippen LogP contribution is -2.31. The molecule has 2 aromatic rings. The molecular formula is C18H14ClNO3. The predicted octanol–water partition coefficient (Wildman–Crippen LogP) is 3.61. The molecular weight excluding hydrogens is 314 g/mol. The van der Waals surface area contributed by atoms with Crippen molar-refractivity contribution >= 4 is 34.7 Å². The lowest BCUT2D eigenvalue weighted by Gasteiger charge is -2.16. The molecule has 1 heterocycles. The molecule has 116 valence electrons. The summed E-state index contributed by atoms with van der Waals surface area (Å²) in [5.41, 5.74) is 1.29. The van der Waals surface area contributed by atoms with E-state index < -0.39 is 11.8 Å². The summed E-state index contributed by atoms with van der Waals surface area (Å²) in [5.74, 6) is -0.362. The van der Waals surface area contributed by atoms with Crippen LogP contribution in [0.5, 0.6) is 5.75 Å². The van der Waals surface area contributed by atoms with Gasteiger partial charge in [-0.05, 0) is 24.6 Å². The predicted molar refractivity (Wildman–Crippen MR) is 89.3 cm³/mol. The number of benzene rings is 2. The van der Waals surface area contributed by atoms with Gasteiger partial charge in [-0.1, -0.05) is 48.0 Å². The van der Waals surface area contributed by atoms with Gasteiger partial charge in [0.15, 0.2) is 0 Å². The van der Waals surface area contributed by atoms with Gasteiger partial charge in [-0.25, -0.2) is 4.90 Å². The molecule has 0 radical (unpaired) electrons. The molecule has 0 aliphatic carbocycles. The molecule has 0 unspecified atom stereocenters. The molecule has 3 rings (SSSR count). The van der Waals surface area contributed by atoms with Crippen molar-refractivity contribution in [2.24, 2.45) is 0 Å². The second-order valence-electron chi connectivity index (χ2n) is 4.93. The van der Waals surface area contributed by atoms with Crippen LogP contribution in [0.25, 0.3) is 5.57 Å². The normalized spacial score (nSPS) is 14.6. The van der Waals surface area contributed by atoms with E-state index in [0.717, 1.165) is 4.90 Å². The first kappa shape index (κ1) is 15.3. The van der Waals surface area contributed by atoms with Crippen LogP contribution in [0, 0.1) is 0 Å². The van der Waals surface area contributed by atoms with Gasteiger partial charge in [-0.2, -0.15) is 0 Å². The van der Waals surface area contributed by atoms with Gasteiger partial charge in [-0.3, -0.25) is 9.59 Å². The average molecular weight is 328 g/mol. The summed E-state index contributed by atoms with van der Waals surface area (Å²) < 4.78 is 5.42. The van der Waals surface area contributed by atoms with Crippen molar-refractivity contribution in [1.29, 1.82) is 0 Å². The summed E-state index contributed by atoms with van der Waals surface area (Å²) >= 11 is 6.14. The maximum Gasteiger partial charge on any atom is 0.277 e. The first-order valence-electron chi connectivity index (χ1n) is 7.20. The van der Waals surface area contributed by atoms with Crippen molar-refractivity contribution in [2.75, 3.05) is 11.5 Å². The van der Waals surface area contributed by atoms with Gasteiger partial charge in [0, 0.05) is 6.07 Å². The molecule has 0 aromatic heterocycles. The monoisotopic (exact) mass is 327 g/mol. The minimum atomic E-state index is -0.524. The van der Waals surface area contributed by atoms with Gasteiger partial charge in [-0.15, -0.1) is 0 Å². The number of carbonyl (C=O) groups is 2. The number of anilines is 1. The van der Waals surface area contributed by atoms with Crippen LogP contribution in [0.2, 0.25) is 0 Å². The lowest BCUT2D eigenvalue weighted by atomic mass is 10.1. The molecule has 0 spiro atoms. The van der Waals surface area contributed by atoms with Crippen molar-refractivity contribution in [1.82, 2.24) is 0 Å². The van der Waals surface area contributed by atoms with Crippen molar-refractivity contribution in [3.05, 3.63) is 65.2 Å². The van der Waals surface area contributed by atoms with E-state index in [0.29, 0.717) is 23.6 Å². The van der Waals surface area contributed by atoms with Gasteiger partial charge in [0.25, 0.3) is 11.8 Å². The van der Waals surface area contributed by atoms with E-state index in [1.54, 1.807) is 48.5 Å². The summed E-state index contributed by atoms with van der Waals surface area (Å²) in [6, 6.07) is 15.8. The fourth-order valence-electron chi connectivity index (χ4n) is 2.47. The van der Waals surface area contributed by atoms with E-state index in [4.69, 9.17) is 16.3 Å². The molecule has 0 fully saturated rings. The highest BCUT2D eigenvalue weighted by atomic mass is 35.5. The van der Waals surface area contributed by atoms with Gasteiger partial charge in [0.1, 0.15) is 10.8 Å². The number of amides is 2. The van der Waals surface area contributed by atoms with Crippen LogP contribution in [-0.2, 0) is 9.59 Å². The summed E-state index contributed by atoms with van der Waals surface area (Å²) in [6.45, 7) is 2.37. The number of hydrogen-bond acceptors (Lipinski definition) is 3. The van der Waals surface area contributed by atoms with Crippen molar-refractivity contribution in [3.63, 3.8) is 0 Å². The van der Waals surface area contributed by atoms with Crippen LogP contribution in [0.1, 0.15) is 12.5 Å². The number of carbonyl (C=O) groups excluding carboxylic acids is 2. The molecule has 4 nitrogen and oxygen atoms in total. The van der Waals surface area contributed by atoms with Crippen LogP contribution in [-0.4, -0.2) is 18.4 Å². The maximum absolute atomic E-state index is 12.7. The first-order chi connectivity index (χ1) is 11.1. The first-order valence-corrected chi connectivity index (χ1v) is 7.58. The summed E-state index contributed by atoms with van der Waals surface area (Å²) in [6.07, 6.45) is 0. The highest BCUT2D eigenvalue weighted by Crippen LogP contribution is 2.35. The molecule has 2 aromatic carbocycles. The number of rotatable bonds is 4. The number of hydrogen-bond donors (Lipinski definition) is 0. The Labute approximate surface area is 138 Å². The minimum Gasteiger partial charge on any atom is -0.494 e. The Morgan fingerprint density at radius 2 is 1.74 bits per heavy atom. The molecule has 5 heteroatoms. The zero-order chi connectivity index (χ0) is 16.4. The Morgan fingerprint density at radius 1 is 1.00 bits per heavy atom. The highest BCUT2D eigenvalue weighted by molar-refractivity contribution is 6.60. The average Bonchev–Trinajstić information content (AvgIpc) is 2.78. The number of imide groups is 1. The zero-order valence-corrected chi connectivity index (χ0v) is 13.2. The number of halogens is 1. The fraction of sp³-hybridized carbons (Fsp3) is 0.111. The molecule has 0 N–H and O–H groups in total. The SMILES string of the molecule is CCOc1cccc(N2C(=O)C(Cl)=C(c3ccccc3)C2=O)c1. The van der Waals surface area contributed by atoms with Gasteiger partial charge >= 0.3 is 0 Å². The second kappa shape index (κ2) is 6.26. The quantitative estimate of drug-likeness (QED) is 0.806. The third kappa shape index (κ3) is 2.73. The van der Waals surface area contributed by atoms with Crippen LogP contribution >= 0.6 is 11.6 Å². The molecule has 0 saturated carbocycles. The summed E-state index contributed by atoms with van der Waals surface area (Å²) in [5, 5.41) is -0.0667. The fourth-order valence-corrected chi connectivity index (χ4v) is 2.75. The van der Waals surface area contributed by atoms with Gasteiger partial charge < -0.3 is 4.74 Å². The Balaban J connectivity index is 2.00. The Morgan fingerprint density at radius 3 is 2.43 bits per heavy atom. The van der Waals surface area contributed by atoms with Crippen molar-refractivity contribution in [3.8, 4) is 5.75 Å². The Hall–Kier alpha value is -2.59. The third-order valence-corrected chi connectivity index (χ3v) is 3.83. The second-order valence-corrected chi connectivity index (χ2v) is 5.31. The minimum absolute atomic E-state index is 0.0667. The zero-order valence-electron chi connectivity index (χ0n) is 12.5. The van der Waals surface area contributed by atoms with Crippen molar-refractivity contribution < 1.29 is 14.3 Å². The van der Waals surface area contributed by atoms with E-state index in [-0.39, 0.29) is 10.6 Å². The van der Waals surface area contributed by atoms with Crippen LogP contribution < -0.4 is 9.64 Å². The van der Waals surface area contributed by atoms with Gasteiger partial charge in [0.05, 0.1) is 17.9 Å². The third-order valence-electron chi connectivity index (χ3n) is 3.48. The summed E-state index contributed by atoms with van der Waals surface area (Å²) in [4.78, 5) is 26.2. The largest absolute Gasteiger partial charge is 0.494 e. The van der Waals surface area contributed by atoms with E-state index in [2.05, 4.69) is 0 Å². The smallest absolute Gasteiger partial charge is 0.277 e. The van der Waals surface area contributed by atoms with Crippen molar-refractivity contribution in [2.45, 2.75) is 6.92 Å². The van der Waals surface area contributed by atoms with Crippen LogP contribution in [0.15, 0.2) is 59.6 Å². The van der Waals surface area contributed by atoms with Gasteiger partial charge in [0.2, 0.25) is 0 Å². The Kier molecular flexibility index (Phi) is 4.17. The van der Waals surface area contributed by atoms with E-state index in [9.17, 15) is 9.59 Å². The van der Waals surface area contributed by atoms with Crippen LogP contribution in [0.3, 0.4) is 0 Å². The standard InChI is InChI=1S/C18H14ClNO3/c1-2-23-14-10-6-9-13(11-14)20-17(21)15(16(19)18(20)22)12-7-4-3-5-8-12/h3-11H,2H2,1H3. The highest BCUT2D eigenvalue weighted by Gasteiger charge is 2.39. The number of ether oxygens (including phenoxy) is 1. The maximum atomic E-state index is 12.7. The molecule has 1 aliphatic rings. The molecule has 23 heavy (non-hydrogen) atoms. The Bertz CT molecular complexity index is 799.